The van der Waals surface area contributed by atoms with Crippen LogP contribution in [0.25, 0.3) is 0 Å². The first-order valence-corrected chi connectivity index (χ1v) is 6.05. The largest absolute Gasteiger partial charge is 0.391 e. The summed E-state index contributed by atoms with van der Waals surface area (Å²) >= 11 is 1.42. The SMILES string of the molecule is NC1(c2nccs2)CCC(C(F)(F)F)CC1. The third kappa shape index (κ3) is 2.22. The summed E-state index contributed by atoms with van der Waals surface area (Å²) in [4.78, 5) is 4.11. The molecule has 1 aliphatic carbocycles. The van der Waals surface area contributed by atoms with E-state index in [-0.39, 0.29) is 12.8 Å². The Bertz CT molecular complexity index is 339. The third-order valence-corrected chi connectivity index (χ3v) is 4.19. The van der Waals surface area contributed by atoms with Crippen molar-refractivity contribution in [3.63, 3.8) is 0 Å². The predicted octanol–water partition coefficient (Wildman–Crippen LogP) is 3.05. The summed E-state index contributed by atoms with van der Waals surface area (Å²) in [7, 11) is 0. The second-order valence-electron chi connectivity index (χ2n) is 4.31. The Labute approximate surface area is 95.7 Å². The van der Waals surface area contributed by atoms with Gasteiger partial charge in [-0.25, -0.2) is 4.98 Å². The highest BCUT2D eigenvalue weighted by Gasteiger charge is 2.45. The van der Waals surface area contributed by atoms with Gasteiger partial charge in [0.15, 0.2) is 0 Å². The van der Waals surface area contributed by atoms with Crippen LogP contribution in [0.3, 0.4) is 0 Å². The molecule has 6 heteroatoms. The van der Waals surface area contributed by atoms with Gasteiger partial charge in [0.25, 0.3) is 0 Å². The van der Waals surface area contributed by atoms with E-state index in [0.29, 0.717) is 12.8 Å². The highest BCUT2D eigenvalue weighted by atomic mass is 32.1. The Morgan fingerprint density at radius 1 is 1.38 bits per heavy atom. The lowest BCUT2D eigenvalue weighted by Crippen LogP contribution is -2.42. The molecule has 0 bridgehead atoms. The minimum absolute atomic E-state index is 0.111. The van der Waals surface area contributed by atoms with Gasteiger partial charge in [0, 0.05) is 11.6 Å². The van der Waals surface area contributed by atoms with Gasteiger partial charge in [-0.1, -0.05) is 0 Å². The van der Waals surface area contributed by atoms with Crippen molar-refractivity contribution in [3.05, 3.63) is 16.6 Å². The Morgan fingerprint density at radius 3 is 2.44 bits per heavy atom. The summed E-state index contributed by atoms with van der Waals surface area (Å²) in [5, 5.41) is 2.56. The summed E-state index contributed by atoms with van der Waals surface area (Å²) in [5.41, 5.74) is 5.47. The number of hydrogen-bond donors (Lipinski definition) is 1. The molecule has 1 saturated carbocycles. The lowest BCUT2D eigenvalue weighted by Gasteiger charge is -2.36. The van der Waals surface area contributed by atoms with Crippen LogP contribution in [0.4, 0.5) is 13.2 Å². The van der Waals surface area contributed by atoms with E-state index in [1.165, 1.54) is 11.3 Å². The molecule has 0 amide bonds. The van der Waals surface area contributed by atoms with Gasteiger partial charge < -0.3 is 5.73 Å². The summed E-state index contributed by atoms with van der Waals surface area (Å²) in [6.07, 6.45) is -1.48. The van der Waals surface area contributed by atoms with E-state index < -0.39 is 17.6 Å². The van der Waals surface area contributed by atoms with Gasteiger partial charge in [-0.05, 0) is 25.7 Å². The molecule has 1 aromatic heterocycles. The third-order valence-electron chi connectivity index (χ3n) is 3.20. The van der Waals surface area contributed by atoms with Gasteiger partial charge in [0.05, 0.1) is 11.5 Å². The zero-order valence-electron chi connectivity index (χ0n) is 8.63. The predicted molar refractivity (Wildman–Crippen MR) is 56.0 cm³/mol. The van der Waals surface area contributed by atoms with Crippen molar-refractivity contribution in [1.82, 2.24) is 4.98 Å². The van der Waals surface area contributed by atoms with Crippen LogP contribution in [-0.2, 0) is 5.54 Å². The van der Waals surface area contributed by atoms with Crippen LogP contribution in [0.2, 0.25) is 0 Å². The highest BCUT2D eigenvalue weighted by Crippen LogP contribution is 2.44. The van der Waals surface area contributed by atoms with Crippen molar-refractivity contribution in [2.45, 2.75) is 37.4 Å². The van der Waals surface area contributed by atoms with Gasteiger partial charge in [-0.2, -0.15) is 13.2 Å². The number of aromatic nitrogens is 1. The van der Waals surface area contributed by atoms with E-state index in [0.717, 1.165) is 5.01 Å². The normalized spacial score (nSPS) is 31.6. The molecular weight excluding hydrogens is 237 g/mol. The summed E-state index contributed by atoms with van der Waals surface area (Å²) < 4.78 is 37.4. The first-order chi connectivity index (χ1) is 7.42. The molecule has 1 aliphatic rings. The lowest BCUT2D eigenvalue weighted by molar-refractivity contribution is -0.184. The number of nitrogens with zero attached hydrogens (tertiary/aromatic N) is 1. The van der Waals surface area contributed by atoms with Gasteiger partial charge in [0.1, 0.15) is 5.01 Å². The van der Waals surface area contributed by atoms with Crippen LogP contribution in [0.5, 0.6) is 0 Å². The maximum absolute atomic E-state index is 12.5. The lowest BCUT2D eigenvalue weighted by atomic mass is 9.77. The molecule has 0 aliphatic heterocycles. The van der Waals surface area contributed by atoms with Crippen LogP contribution in [0, 0.1) is 5.92 Å². The summed E-state index contributed by atoms with van der Waals surface area (Å²) in [5.74, 6) is -1.19. The number of halogens is 3. The summed E-state index contributed by atoms with van der Waals surface area (Å²) in [6, 6.07) is 0. The van der Waals surface area contributed by atoms with E-state index in [1.54, 1.807) is 11.6 Å². The van der Waals surface area contributed by atoms with Gasteiger partial charge in [-0.15, -0.1) is 11.3 Å². The topological polar surface area (TPSA) is 38.9 Å². The zero-order valence-corrected chi connectivity index (χ0v) is 9.44. The van der Waals surface area contributed by atoms with Gasteiger partial charge >= 0.3 is 6.18 Å². The monoisotopic (exact) mass is 250 g/mol. The molecule has 1 aromatic rings. The molecule has 0 atom stereocenters. The van der Waals surface area contributed by atoms with Crippen LogP contribution >= 0.6 is 11.3 Å². The molecule has 1 heterocycles. The van der Waals surface area contributed by atoms with Gasteiger partial charge in [0.2, 0.25) is 0 Å². The fourth-order valence-electron chi connectivity index (χ4n) is 2.14. The van der Waals surface area contributed by atoms with Crippen LogP contribution in [-0.4, -0.2) is 11.2 Å². The Hall–Kier alpha value is -0.620. The molecule has 16 heavy (non-hydrogen) atoms. The van der Waals surface area contributed by atoms with Gasteiger partial charge in [-0.3, -0.25) is 0 Å². The summed E-state index contributed by atoms with van der Waals surface area (Å²) in [6.45, 7) is 0. The molecule has 0 unspecified atom stereocenters. The Kier molecular flexibility index (Phi) is 2.96. The molecular formula is C10H13F3N2S. The van der Waals surface area contributed by atoms with E-state index in [9.17, 15) is 13.2 Å². The number of alkyl halides is 3. The zero-order chi connectivity index (χ0) is 11.8. The molecule has 0 saturated heterocycles. The van der Waals surface area contributed by atoms with Crippen LogP contribution in [0.1, 0.15) is 30.7 Å². The molecule has 1 fully saturated rings. The first kappa shape index (κ1) is 11.9. The van der Waals surface area contributed by atoms with E-state index in [2.05, 4.69) is 4.98 Å². The maximum atomic E-state index is 12.5. The van der Waals surface area contributed by atoms with Crippen molar-refractivity contribution in [2.75, 3.05) is 0 Å². The number of thiazole rings is 1. The molecule has 90 valence electrons. The minimum Gasteiger partial charge on any atom is -0.319 e. The molecule has 0 aromatic carbocycles. The second kappa shape index (κ2) is 4.00. The second-order valence-corrected chi connectivity index (χ2v) is 5.20. The maximum Gasteiger partial charge on any atom is 0.391 e. The fourth-order valence-corrected chi connectivity index (χ4v) is 2.95. The average Bonchev–Trinajstić information content (AvgIpc) is 2.70. The molecule has 0 radical (unpaired) electrons. The first-order valence-electron chi connectivity index (χ1n) is 5.17. The smallest absolute Gasteiger partial charge is 0.319 e. The van der Waals surface area contributed by atoms with E-state index >= 15 is 0 Å². The number of rotatable bonds is 1. The van der Waals surface area contributed by atoms with Crippen LogP contribution < -0.4 is 5.73 Å². The van der Waals surface area contributed by atoms with E-state index in [4.69, 9.17) is 5.73 Å². The standard InChI is InChI=1S/C10H13F3N2S/c11-10(12,13)7-1-3-9(14,4-2-7)8-15-5-6-16-8/h5-7H,1-4,14H2. The van der Waals surface area contributed by atoms with Crippen molar-refractivity contribution in [1.29, 1.82) is 0 Å². The minimum atomic E-state index is -4.08. The molecule has 2 rings (SSSR count). The highest BCUT2D eigenvalue weighted by molar-refractivity contribution is 7.09. The Balaban J connectivity index is 2.05. The quantitative estimate of drug-likeness (QED) is 0.832. The fraction of sp³-hybridized carbons (Fsp3) is 0.700. The Morgan fingerprint density at radius 2 is 2.00 bits per heavy atom. The van der Waals surface area contributed by atoms with Crippen molar-refractivity contribution in [2.24, 2.45) is 11.7 Å². The number of nitrogens with two attached hydrogens (primary N) is 1. The molecule has 2 nitrogen and oxygen atoms in total. The van der Waals surface area contributed by atoms with Crippen molar-refractivity contribution in [3.8, 4) is 0 Å². The molecule has 0 spiro atoms. The van der Waals surface area contributed by atoms with Crippen molar-refractivity contribution >= 4 is 11.3 Å². The number of hydrogen-bond acceptors (Lipinski definition) is 3. The van der Waals surface area contributed by atoms with Crippen molar-refractivity contribution < 1.29 is 13.2 Å². The average molecular weight is 250 g/mol. The molecule has 2 N–H and O–H groups in total. The van der Waals surface area contributed by atoms with Crippen LogP contribution in [0.15, 0.2) is 11.6 Å². The van der Waals surface area contributed by atoms with E-state index in [1.807, 2.05) is 0 Å².